The maximum absolute atomic E-state index is 4.42. The van der Waals surface area contributed by atoms with Crippen molar-refractivity contribution in [1.29, 1.82) is 0 Å². The van der Waals surface area contributed by atoms with Gasteiger partial charge in [-0.05, 0) is 61.8 Å². The molecule has 2 aromatic rings. The highest BCUT2D eigenvalue weighted by molar-refractivity contribution is 7.99. The molecular formula is C16H21N3S. The summed E-state index contributed by atoms with van der Waals surface area (Å²) in [5, 5.41) is 4.15. The Bertz CT molecular complexity index is 552. The van der Waals surface area contributed by atoms with Gasteiger partial charge in [-0.3, -0.25) is 0 Å². The molecule has 0 aliphatic carbocycles. The van der Waals surface area contributed by atoms with Crippen molar-refractivity contribution in [3.63, 3.8) is 0 Å². The maximum atomic E-state index is 4.42. The molecule has 106 valence electrons. The van der Waals surface area contributed by atoms with Gasteiger partial charge in [0.25, 0.3) is 0 Å². The summed E-state index contributed by atoms with van der Waals surface area (Å²) in [6, 6.07) is 6.44. The maximum Gasteiger partial charge on any atom is 0.192 e. The van der Waals surface area contributed by atoms with E-state index in [0.717, 1.165) is 30.2 Å². The third-order valence-corrected chi connectivity index (χ3v) is 4.01. The first-order chi connectivity index (χ1) is 9.69. The number of aryl methyl sites for hydroxylation is 2. The minimum Gasteiger partial charge on any atom is -0.313 e. The first-order valence-electron chi connectivity index (χ1n) is 6.96. The molecule has 0 radical (unpaired) electrons. The number of nitrogens with one attached hydrogen (secondary N) is 1. The molecule has 0 saturated heterocycles. The van der Waals surface area contributed by atoms with Crippen molar-refractivity contribution in [3.8, 4) is 0 Å². The van der Waals surface area contributed by atoms with Gasteiger partial charge in [0.2, 0.25) is 0 Å². The summed E-state index contributed by atoms with van der Waals surface area (Å²) < 4.78 is 0. The van der Waals surface area contributed by atoms with Crippen molar-refractivity contribution in [2.45, 2.75) is 43.8 Å². The Morgan fingerprint density at radius 3 is 2.50 bits per heavy atom. The monoisotopic (exact) mass is 287 g/mol. The Balaban J connectivity index is 1.97. The molecule has 0 fully saturated rings. The fourth-order valence-electron chi connectivity index (χ4n) is 1.78. The molecule has 0 aliphatic heterocycles. The van der Waals surface area contributed by atoms with Crippen LogP contribution in [0.25, 0.3) is 0 Å². The second-order valence-electron chi connectivity index (χ2n) is 4.90. The second-order valence-corrected chi connectivity index (χ2v) is 5.94. The van der Waals surface area contributed by atoms with Gasteiger partial charge in [-0.25, -0.2) is 9.97 Å². The van der Waals surface area contributed by atoms with Crippen LogP contribution in [0.4, 0.5) is 0 Å². The molecule has 4 heteroatoms. The van der Waals surface area contributed by atoms with Crippen LogP contribution in [0.15, 0.2) is 40.6 Å². The van der Waals surface area contributed by atoms with E-state index in [9.17, 15) is 0 Å². The van der Waals surface area contributed by atoms with Crippen LogP contribution >= 0.6 is 11.8 Å². The lowest BCUT2D eigenvalue weighted by Gasteiger charge is -2.05. The third-order valence-electron chi connectivity index (χ3n) is 3.13. The smallest absolute Gasteiger partial charge is 0.192 e. The summed E-state index contributed by atoms with van der Waals surface area (Å²) in [7, 11) is 0. The van der Waals surface area contributed by atoms with E-state index >= 15 is 0 Å². The van der Waals surface area contributed by atoms with Gasteiger partial charge in [0.15, 0.2) is 5.16 Å². The lowest BCUT2D eigenvalue weighted by atomic mass is 10.1. The first kappa shape index (κ1) is 15.0. The molecule has 0 saturated carbocycles. The number of aromatic nitrogens is 2. The minimum absolute atomic E-state index is 0.799. The second kappa shape index (κ2) is 7.41. The summed E-state index contributed by atoms with van der Waals surface area (Å²) in [4.78, 5) is 10.0. The van der Waals surface area contributed by atoms with E-state index in [2.05, 4.69) is 54.3 Å². The van der Waals surface area contributed by atoms with Crippen molar-refractivity contribution in [2.75, 3.05) is 6.54 Å². The van der Waals surface area contributed by atoms with Crippen molar-refractivity contribution < 1.29 is 0 Å². The molecule has 1 aromatic carbocycles. The molecule has 1 heterocycles. The van der Waals surface area contributed by atoms with E-state index in [1.165, 1.54) is 16.0 Å². The number of rotatable bonds is 6. The van der Waals surface area contributed by atoms with Crippen molar-refractivity contribution >= 4 is 11.8 Å². The van der Waals surface area contributed by atoms with E-state index in [4.69, 9.17) is 0 Å². The summed E-state index contributed by atoms with van der Waals surface area (Å²) >= 11 is 1.60. The van der Waals surface area contributed by atoms with E-state index in [1.54, 1.807) is 11.8 Å². The van der Waals surface area contributed by atoms with Crippen LogP contribution in [0.5, 0.6) is 0 Å². The van der Waals surface area contributed by atoms with E-state index < -0.39 is 0 Å². The zero-order valence-corrected chi connectivity index (χ0v) is 13.1. The number of hydrogen-bond donors (Lipinski definition) is 1. The fourth-order valence-corrected chi connectivity index (χ4v) is 2.57. The standard InChI is InChI=1S/C16H21N3S/c1-4-7-17-9-14-10-18-16(19-11-14)20-15-6-5-12(2)13(3)8-15/h5-6,8,10-11,17H,4,7,9H2,1-3H3. The molecule has 1 aromatic heterocycles. The van der Waals surface area contributed by atoms with E-state index in [0.29, 0.717) is 0 Å². The van der Waals surface area contributed by atoms with Crippen LogP contribution in [0.3, 0.4) is 0 Å². The minimum atomic E-state index is 0.799. The molecule has 3 nitrogen and oxygen atoms in total. The van der Waals surface area contributed by atoms with Crippen LogP contribution in [-0.2, 0) is 6.54 Å². The van der Waals surface area contributed by atoms with Crippen LogP contribution < -0.4 is 5.32 Å². The van der Waals surface area contributed by atoms with Crippen LogP contribution in [0.2, 0.25) is 0 Å². The molecule has 20 heavy (non-hydrogen) atoms. The van der Waals surface area contributed by atoms with Crippen LogP contribution in [0, 0.1) is 13.8 Å². The lowest BCUT2D eigenvalue weighted by molar-refractivity contribution is 0.669. The van der Waals surface area contributed by atoms with E-state index in [-0.39, 0.29) is 0 Å². The zero-order valence-electron chi connectivity index (χ0n) is 12.3. The Labute approximate surface area is 125 Å². The molecule has 0 amide bonds. The first-order valence-corrected chi connectivity index (χ1v) is 7.77. The highest BCUT2D eigenvalue weighted by Gasteiger charge is 2.02. The normalized spacial score (nSPS) is 10.8. The number of nitrogens with zero attached hydrogens (tertiary/aromatic N) is 2. The van der Waals surface area contributed by atoms with Crippen LogP contribution in [0.1, 0.15) is 30.0 Å². The van der Waals surface area contributed by atoms with Gasteiger partial charge >= 0.3 is 0 Å². The summed E-state index contributed by atoms with van der Waals surface area (Å²) in [5.41, 5.74) is 3.74. The van der Waals surface area contributed by atoms with Crippen molar-refractivity contribution in [1.82, 2.24) is 15.3 Å². The third kappa shape index (κ3) is 4.32. The Hall–Kier alpha value is -1.39. The zero-order chi connectivity index (χ0) is 14.4. The number of benzene rings is 1. The van der Waals surface area contributed by atoms with Crippen LogP contribution in [-0.4, -0.2) is 16.5 Å². The number of hydrogen-bond acceptors (Lipinski definition) is 4. The molecular weight excluding hydrogens is 266 g/mol. The lowest BCUT2D eigenvalue weighted by Crippen LogP contribution is -2.14. The van der Waals surface area contributed by atoms with Crippen molar-refractivity contribution in [3.05, 3.63) is 47.3 Å². The molecule has 2 rings (SSSR count). The quantitative estimate of drug-likeness (QED) is 0.648. The van der Waals surface area contributed by atoms with Gasteiger partial charge in [-0.2, -0.15) is 0 Å². The predicted molar refractivity (Wildman–Crippen MR) is 84.1 cm³/mol. The van der Waals surface area contributed by atoms with Gasteiger partial charge < -0.3 is 5.32 Å². The molecule has 0 bridgehead atoms. The molecule has 0 spiro atoms. The van der Waals surface area contributed by atoms with Gasteiger partial charge in [0.1, 0.15) is 0 Å². The van der Waals surface area contributed by atoms with Gasteiger partial charge in [0, 0.05) is 29.4 Å². The largest absolute Gasteiger partial charge is 0.313 e. The molecule has 1 N–H and O–H groups in total. The molecule has 0 unspecified atom stereocenters. The summed E-state index contributed by atoms with van der Waals surface area (Å²) in [5.74, 6) is 0. The topological polar surface area (TPSA) is 37.8 Å². The predicted octanol–water partition coefficient (Wildman–Crippen LogP) is 3.74. The van der Waals surface area contributed by atoms with Gasteiger partial charge in [-0.15, -0.1) is 0 Å². The fraction of sp³-hybridized carbons (Fsp3) is 0.375. The van der Waals surface area contributed by atoms with Crippen molar-refractivity contribution in [2.24, 2.45) is 0 Å². The summed E-state index contributed by atoms with van der Waals surface area (Å²) in [6.45, 7) is 8.27. The average Bonchev–Trinajstić information content (AvgIpc) is 2.45. The van der Waals surface area contributed by atoms with Gasteiger partial charge in [-0.1, -0.05) is 13.0 Å². The Morgan fingerprint density at radius 2 is 1.85 bits per heavy atom. The van der Waals surface area contributed by atoms with E-state index in [1.807, 2.05) is 12.4 Å². The van der Waals surface area contributed by atoms with Gasteiger partial charge in [0.05, 0.1) is 0 Å². The highest BCUT2D eigenvalue weighted by Crippen LogP contribution is 2.25. The SMILES string of the molecule is CCCNCc1cnc(Sc2ccc(C)c(C)c2)nc1. The molecule has 0 atom stereocenters. The summed E-state index contributed by atoms with van der Waals surface area (Å²) in [6.07, 6.45) is 4.94. The average molecular weight is 287 g/mol. The molecule has 0 aliphatic rings. The Morgan fingerprint density at radius 1 is 1.10 bits per heavy atom. The Kier molecular flexibility index (Phi) is 5.56. The highest BCUT2D eigenvalue weighted by atomic mass is 32.2.